The Labute approximate surface area is 99.3 Å². The normalized spacial score (nSPS) is 11.5. The zero-order chi connectivity index (χ0) is 13.1. The highest BCUT2D eigenvalue weighted by atomic mass is 31.2. The molecule has 0 heterocycles. The van der Waals surface area contributed by atoms with Gasteiger partial charge in [-0.2, -0.15) is 0 Å². The first-order valence-electron chi connectivity index (χ1n) is 4.92. The van der Waals surface area contributed by atoms with Gasteiger partial charge in [-0.25, -0.2) is 4.39 Å². The van der Waals surface area contributed by atoms with Crippen LogP contribution in [0.4, 0.5) is 4.39 Å². The summed E-state index contributed by atoms with van der Waals surface area (Å²) in [4.78, 5) is 11.8. The van der Waals surface area contributed by atoms with Gasteiger partial charge in [0.1, 0.15) is 12.0 Å². The van der Waals surface area contributed by atoms with Crippen molar-refractivity contribution < 1.29 is 22.8 Å². The molecule has 0 aromatic heterocycles. The number of ketones is 1. The van der Waals surface area contributed by atoms with Crippen LogP contribution in [0, 0.1) is 12.7 Å². The van der Waals surface area contributed by atoms with Crippen LogP contribution in [0.5, 0.6) is 0 Å². The van der Waals surface area contributed by atoms with Crippen molar-refractivity contribution in [1.82, 2.24) is 0 Å². The first-order valence-corrected chi connectivity index (χ1v) is 6.64. The van der Waals surface area contributed by atoms with Crippen LogP contribution in [0.2, 0.25) is 0 Å². The van der Waals surface area contributed by atoms with Crippen LogP contribution in [-0.2, 0) is 13.6 Å². The minimum atomic E-state index is -3.37. The number of hydrogen-bond donors (Lipinski definition) is 0. The fourth-order valence-electron chi connectivity index (χ4n) is 1.29. The van der Waals surface area contributed by atoms with Gasteiger partial charge in [-0.1, -0.05) is 0 Å². The predicted molar refractivity (Wildman–Crippen MR) is 62.0 cm³/mol. The molecule has 0 spiro atoms. The predicted octanol–water partition coefficient (Wildman–Crippen LogP) is 2.80. The summed E-state index contributed by atoms with van der Waals surface area (Å²) in [5.41, 5.74) is 0.652. The lowest BCUT2D eigenvalue weighted by Gasteiger charge is -2.12. The molecule has 17 heavy (non-hydrogen) atoms. The van der Waals surface area contributed by atoms with E-state index in [0.717, 1.165) is 0 Å². The highest BCUT2D eigenvalue weighted by Crippen LogP contribution is 2.46. The first kappa shape index (κ1) is 14.0. The Morgan fingerprint density at radius 3 is 2.41 bits per heavy atom. The second kappa shape index (κ2) is 5.54. The van der Waals surface area contributed by atoms with Crippen molar-refractivity contribution in [3.8, 4) is 0 Å². The van der Waals surface area contributed by atoms with E-state index < -0.39 is 13.4 Å². The van der Waals surface area contributed by atoms with E-state index in [1.165, 1.54) is 32.4 Å². The molecular formula is C11H14FO4P. The molecule has 0 amide bonds. The molecule has 0 fully saturated rings. The van der Waals surface area contributed by atoms with Crippen LogP contribution in [0.3, 0.4) is 0 Å². The molecule has 0 unspecified atom stereocenters. The van der Waals surface area contributed by atoms with Crippen molar-refractivity contribution in [2.75, 3.05) is 20.4 Å². The zero-order valence-corrected chi connectivity index (χ0v) is 10.8. The topological polar surface area (TPSA) is 52.6 Å². The SMILES string of the molecule is COP(=O)(CC(=O)c1ccc(F)c(C)c1)OC. The lowest BCUT2D eigenvalue weighted by molar-refractivity contribution is 0.101. The van der Waals surface area contributed by atoms with Crippen LogP contribution < -0.4 is 0 Å². The van der Waals surface area contributed by atoms with Crippen molar-refractivity contribution in [3.05, 3.63) is 35.1 Å². The van der Waals surface area contributed by atoms with E-state index >= 15 is 0 Å². The van der Waals surface area contributed by atoms with Gasteiger partial charge in [0.15, 0.2) is 5.78 Å². The Morgan fingerprint density at radius 1 is 1.35 bits per heavy atom. The molecule has 0 bridgehead atoms. The van der Waals surface area contributed by atoms with Crippen molar-refractivity contribution in [2.24, 2.45) is 0 Å². The first-order chi connectivity index (χ1) is 7.91. The summed E-state index contributed by atoms with van der Waals surface area (Å²) in [6.45, 7) is 1.55. The van der Waals surface area contributed by atoms with Gasteiger partial charge >= 0.3 is 7.60 Å². The van der Waals surface area contributed by atoms with Gasteiger partial charge in [0.2, 0.25) is 0 Å². The zero-order valence-electron chi connectivity index (χ0n) is 9.90. The Bertz CT molecular complexity index is 465. The van der Waals surface area contributed by atoms with E-state index in [4.69, 9.17) is 0 Å². The molecule has 1 aromatic rings. The summed E-state index contributed by atoms with van der Waals surface area (Å²) in [5, 5.41) is 0. The molecule has 0 aliphatic rings. The molecule has 1 rings (SSSR count). The summed E-state index contributed by atoms with van der Waals surface area (Å²) in [6, 6.07) is 3.96. The fourth-order valence-corrected chi connectivity index (χ4v) is 2.23. The summed E-state index contributed by atoms with van der Waals surface area (Å²) < 4.78 is 34.1. The van der Waals surface area contributed by atoms with Crippen LogP contribution in [0.25, 0.3) is 0 Å². The highest BCUT2D eigenvalue weighted by Gasteiger charge is 2.26. The van der Waals surface area contributed by atoms with Gasteiger partial charge in [0.05, 0.1) is 0 Å². The molecule has 0 N–H and O–H groups in total. The van der Waals surface area contributed by atoms with Crippen LogP contribution in [-0.4, -0.2) is 26.2 Å². The third kappa shape index (κ3) is 3.46. The maximum Gasteiger partial charge on any atom is 0.337 e. The molecule has 0 aliphatic carbocycles. The van der Waals surface area contributed by atoms with Gasteiger partial charge in [-0.3, -0.25) is 9.36 Å². The Morgan fingerprint density at radius 2 is 1.94 bits per heavy atom. The largest absolute Gasteiger partial charge is 0.337 e. The smallest absolute Gasteiger partial charge is 0.312 e. The van der Waals surface area contributed by atoms with Gasteiger partial charge in [-0.15, -0.1) is 0 Å². The molecule has 0 saturated heterocycles. The molecule has 0 atom stereocenters. The van der Waals surface area contributed by atoms with Gasteiger partial charge in [-0.05, 0) is 30.7 Å². The summed E-state index contributed by atoms with van der Waals surface area (Å²) >= 11 is 0. The van der Waals surface area contributed by atoms with Crippen molar-refractivity contribution >= 4 is 13.4 Å². The molecule has 0 radical (unpaired) electrons. The second-order valence-corrected chi connectivity index (χ2v) is 5.79. The Balaban J connectivity index is 2.90. The van der Waals surface area contributed by atoms with E-state index in [-0.39, 0.29) is 12.0 Å². The number of benzene rings is 1. The van der Waals surface area contributed by atoms with E-state index in [0.29, 0.717) is 11.1 Å². The Hall–Kier alpha value is -1.03. The minimum Gasteiger partial charge on any atom is -0.312 e. The molecule has 0 saturated carbocycles. The number of hydrogen-bond acceptors (Lipinski definition) is 4. The second-order valence-electron chi connectivity index (χ2n) is 3.52. The third-order valence-electron chi connectivity index (χ3n) is 2.37. The molecule has 6 heteroatoms. The van der Waals surface area contributed by atoms with Gasteiger partial charge in [0, 0.05) is 19.8 Å². The van der Waals surface area contributed by atoms with E-state index in [9.17, 15) is 13.8 Å². The number of rotatable bonds is 5. The standard InChI is InChI=1S/C11H14FO4P/c1-8-6-9(4-5-10(8)12)11(13)7-17(14,15-2)16-3/h4-6H,7H2,1-3H3. The maximum atomic E-state index is 13.0. The van der Waals surface area contributed by atoms with Gasteiger partial charge in [0.25, 0.3) is 0 Å². The maximum absolute atomic E-state index is 13.0. The van der Waals surface area contributed by atoms with E-state index in [1.54, 1.807) is 6.92 Å². The Kier molecular flexibility index (Phi) is 4.57. The lowest BCUT2D eigenvalue weighted by Crippen LogP contribution is -2.08. The van der Waals surface area contributed by atoms with Crippen molar-refractivity contribution in [1.29, 1.82) is 0 Å². The molecule has 1 aromatic carbocycles. The number of halogens is 1. The summed E-state index contributed by atoms with van der Waals surface area (Å²) in [5.74, 6) is -0.789. The molecule has 94 valence electrons. The van der Waals surface area contributed by atoms with Crippen molar-refractivity contribution in [2.45, 2.75) is 6.92 Å². The van der Waals surface area contributed by atoms with Crippen molar-refractivity contribution in [3.63, 3.8) is 0 Å². The number of carbonyl (C=O) groups excluding carboxylic acids is 1. The van der Waals surface area contributed by atoms with Gasteiger partial charge < -0.3 is 9.05 Å². The van der Waals surface area contributed by atoms with Crippen LogP contribution in [0.1, 0.15) is 15.9 Å². The molecule has 0 aliphatic heterocycles. The minimum absolute atomic E-state index is 0.290. The number of Topliss-reactive ketones (excluding diaryl/α,β-unsaturated/α-hetero) is 1. The third-order valence-corrected chi connectivity index (χ3v) is 4.16. The monoisotopic (exact) mass is 260 g/mol. The van der Waals surface area contributed by atoms with E-state index in [1.807, 2.05) is 0 Å². The molecule has 4 nitrogen and oxygen atoms in total. The number of carbonyl (C=O) groups is 1. The fraction of sp³-hybridized carbons (Fsp3) is 0.364. The number of aryl methyl sites for hydroxylation is 1. The quantitative estimate of drug-likeness (QED) is 0.603. The summed E-state index contributed by atoms with van der Waals surface area (Å²) in [7, 11) is -0.942. The summed E-state index contributed by atoms with van der Waals surface area (Å²) in [6.07, 6.45) is -0.356. The van der Waals surface area contributed by atoms with Crippen LogP contribution >= 0.6 is 7.60 Å². The molecular weight excluding hydrogens is 246 g/mol. The average molecular weight is 260 g/mol. The average Bonchev–Trinajstić information content (AvgIpc) is 2.32. The van der Waals surface area contributed by atoms with E-state index in [2.05, 4.69) is 9.05 Å². The van der Waals surface area contributed by atoms with Crippen LogP contribution in [0.15, 0.2) is 18.2 Å². The lowest BCUT2D eigenvalue weighted by atomic mass is 10.1. The highest BCUT2D eigenvalue weighted by molar-refractivity contribution is 7.54.